The van der Waals surface area contributed by atoms with Gasteiger partial charge in [-0.3, -0.25) is 4.79 Å². The van der Waals surface area contributed by atoms with Crippen LogP contribution in [0.4, 0.5) is 0 Å². The minimum Gasteiger partial charge on any atom is -0.295 e. The zero-order chi connectivity index (χ0) is 8.97. The van der Waals surface area contributed by atoms with E-state index in [0.717, 1.165) is 18.4 Å². The second-order valence-electron chi connectivity index (χ2n) is 3.05. The van der Waals surface area contributed by atoms with Gasteiger partial charge in [0.1, 0.15) is 0 Å². The van der Waals surface area contributed by atoms with Crippen LogP contribution in [-0.2, 0) is 4.79 Å². The molecule has 0 radical (unpaired) electrons. The van der Waals surface area contributed by atoms with E-state index in [0.29, 0.717) is 12.2 Å². The van der Waals surface area contributed by atoms with Crippen molar-refractivity contribution in [1.29, 1.82) is 0 Å². The van der Waals surface area contributed by atoms with Crippen LogP contribution in [0.25, 0.3) is 0 Å². The summed E-state index contributed by atoms with van der Waals surface area (Å²) in [5.74, 6) is 0.321. The second-order valence-corrected chi connectivity index (χ2v) is 3.05. The molecule has 1 aliphatic carbocycles. The molecule has 0 amide bonds. The van der Waals surface area contributed by atoms with Crippen LogP contribution in [-0.4, -0.2) is 5.78 Å². The molecule has 0 atom stereocenters. The lowest BCUT2D eigenvalue weighted by Crippen LogP contribution is -1.94. The maximum Gasteiger partial charge on any atom is 0.159 e. The number of ketones is 1. The van der Waals surface area contributed by atoms with Crippen LogP contribution in [0.15, 0.2) is 36.0 Å². The predicted molar refractivity (Wildman–Crippen MR) is 50.9 cm³/mol. The van der Waals surface area contributed by atoms with E-state index in [9.17, 15) is 4.79 Å². The number of allylic oxidation sites excluding steroid dienone is 5. The first-order valence-corrected chi connectivity index (χ1v) is 4.25. The molecule has 0 unspecified atom stereocenters. The summed E-state index contributed by atoms with van der Waals surface area (Å²) in [6, 6.07) is 0. The van der Waals surface area contributed by atoms with Gasteiger partial charge in [0.2, 0.25) is 0 Å². The molecule has 0 spiro atoms. The molecular weight excluding hydrogens is 148 g/mol. The molecule has 1 heteroatoms. The van der Waals surface area contributed by atoms with E-state index >= 15 is 0 Å². The predicted octanol–water partition coefficient (Wildman–Crippen LogP) is 2.80. The highest BCUT2D eigenvalue weighted by molar-refractivity contribution is 5.98. The lowest BCUT2D eigenvalue weighted by molar-refractivity contribution is -0.114. The fourth-order valence-corrected chi connectivity index (χ4v) is 1.41. The molecule has 0 aromatic heterocycles. The third-order valence-corrected chi connectivity index (χ3v) is 2.17. The topological polar surface area (TPSA) is 17.1 Å². The van der Waals surface area contributed by atoms with Gasteiger partial charge in [0.15, 0.2) is 5.78 Å². The maximum absolute atomic E-state index is 11.3. The monoisotopic (exact) mass is 162 g/mol. The highest BCUT2D eigenvalue weighted by Crippen LogP contribution is 2.24. The molecule has 0 N–H and O–H groups in total. The van der Waals surface area contributed by atoms with Crippen LogP contribution >= 0.6 is 0 Å². The first kappa shape index (κ1) is 8.98. The minimum atomic E-state index is 0.321. The Balaban J connectivity index is 2.61. The number of hydrogen-bond donors (Lipinski definition) is 0. The van der Waals surface area contributed by atoms with Gasteiger partial charge in [-0.2, -0.15) is 0 Å². The van der Waals surface area contributed by atoms with E-state index in [1.165, 1.54) is 5.57 Å². The van der Waals surface area contributed by atoms with Crippen molar-refractivity contribution in [2.24, 2.45) is 0 Å². The fourth-order valence-electron chi connectivity index (χ4n) is 1.41. The van der Waals surface area contributed by atoms with Crippen LogP contribution < -0.4 is 0 Å². The molecule has 1 nitrogen and oxygen atoms in total. The molecule has 0 saturated carbocycles. The van der Waals surface area contributed by atoms with Gasteiger partial charge in [0.05, 0.1) is 0 Å². The van der Waals surface area contributed by atoms with Gasteiger partial charge in [0.25, 0.3) is 0 Å². The zero-order valence-electron chi connectivity index (χ0n) is 7.47. The van der Waals surface area contributed by atoms with Crippen molar-refractivity contribution < 1.29 is 4.79 Å². The van der Waals surface area contributed by atoms with Crippen molar-refractivity contribution >= 4 is 5.78 Å². The maximum atomic E-state index is 11.3. The molecule has 0 fully saturated rings. The van der Waals surface area contributed by atoms with Gasteiger partial charge in [-0.25, -0.2) is 0 Å². The fraction of sp³-hybridized carbons (Fsp3) is 0.364. The lowest BCUT2D eigenvalue weighted by Gasteiger charge is -1.95. The van der Waals surface area contributed by atoms with E-state index in [1.807, 2.05) is 19.1 Å². The van der Waals surface area contributed by atoms with Crippen LogP contribution in [0.5, 0.6) is 0 Å². The summed E-state index contributed by atoms with van der Waals surface area (Å²) in [5, 5.41) is 0. The Morgan fingerprint density at radius 1 is 1.50 bits per heavy atom. The highest BCUT2D eigenvalue weighted by Gasteiger charge is 2.17. The van der Waals surface area contributed by atoms with E-state index in [-0.39, 0.29) is 0 Å². The molecular formula is C11H14O. The smallest absolute Gasteiger partial charge is 0.159 e. The van der Waals surface area contributed by atoms with E-state index in [2.05, 4.69) is 6.58 Å². The van der Waals surface area contributed by atoms with Crippen molar-refractivity contribution in [3.05, 3.63) is 36.0 Å². The largest absolute Gasteiger partial charge is 0.295 e. The summed E-state index contributed by atoms with van der Waals surface area (Å²) in [6.07, 6.45) is 8.03. The molecule has 0 aliphatic heterocycles. The van der Waals surface area contributed by atoms with E-state index in [4.69, 9.17) is 0 Å². The summed E-state index contributed by atoms with van der Waals surface area (Å²) < 4.78 is 0. The Hall–Kier alpha value is -1.11. The van der Waals surface area contributed by atoms with Gasteiger partial charge < -0.3 is 0 Å². The average Bonchev–Trinajstić information content (AvgIpc) is 2.35. The van der Waals surface area contributed by atoms with Crippen molar-refractivity contribution in [1.82, 2.24) is 0 Å². The highest BCUT2D eigenvalue weighted by atomic mass is 16.1. The Labute approximate surface area is 73.5 Å². The molecule has 0 aromatic rings. The summed E-state index contributed by atoms with van der Waals surface area (Å²) in [5.41, 5.74) is 2.27. The molecule has 1 rings (SSSR count). The SMILES string of the molecule is C=C/C=C\CC1=C(C)CCC1=O. The normalized spacial score (nSPS) is 17.9. The summed E-state index contributed by atoms with van der Waals surface area (Å²) >= 11 is 0. The molecule has 0 aromatic carbocycles. The van der Waals surface area contributed by atoms with Crippen LogP contribution in [0.3, 0.4) is 0 Å². The standard InChI is InChI=1S/C11H14O/c1-3-4-5-6-10-9(2)7-8-11(10)12/h3-5H,1,6-8H2,2H3/b5-4-. The quantitative estimate of drug-likeness (QED) is 0.583. The third kappa shape index (κ3) is 1.94. The van der Waals surface area contributed by atoms with Crippen LogP contribution in [0.1, 0.15) is 26.2 Å². The number of hydrogen-bond acceptors (Lipinski definition) is 1. The Kier molecular flexibility index (Phi) is 3.03. The first-order chi connectivity index (χ1) is 5.75. The van der Waals surface area contributed by atoms with Gasteiger partial charge in [-0.05, 0) is 25.3 Å². The average molecular weight is 162 g/mol. The Morgan fingerprint density at radius 2 is 2.25 bits per heavy atom. The molecule has 64 valence electrons. The third-order valence-electron chi connectivity index (χ3n) is 2.17. The zero-order valence-corrected chi connectivity index (χ0v) is 7.47. The molecule has 0 bridgehead atoms. The van der Waals surface area contributed by atoms with Crippen molar-refractivity contribution in [2.75, 3.05) is 0 Å². The number of rotatable bonds is 3. The van der Waals surface area contributed by atoms with Crippen LogP contribution in [0.2, 0.25) is 0 Å². The van der Waals surface area contributed by atoms with Crippen molar-refractivity contribution in [3.63, 3.8) is 0 Å². The minimum absolute atomic E-state index is 0.321. The van der Waals surface area contributed by atoms with Crippen molar-refractivity contribution in [3.8, 4) is 0 Å². The van der Waals surface area contributed by atoms with E-state index < -0.39 is 0 Å². The molecule has 1 aliphatic rings. The summed E-state index contributed by atoms with van der Waals surface area (Å²) in [4.78, 5) is 11.3. The van der Waals surface area contributed by atoms with Crippen LogP contribution in [0, 0.1) is 0 Å². The lowest BCUT2D eigenvalue weighted by atomic mass is 10.1. The van der Waals surface area contributed by atoms with Gasteiger partial charge in [0, 0.05) is 6.42 Å². The molecule has 0 saturated heterocycles. The second kappa shape index (κ2) is 4.05. The first-order valence-electron chi connectivity index (χ1n) is 4.25. The van der Waals surface area contributed by atoms with Gasteiger partial charge >= 0.3 is 0 Å². The van der Waals surface area contributed by atoms with Crippen molar-refractivity contribution in [2.45, 2.75) is 26.2 Å². The number of carbonyl (C=O) groups is 1. The molecule has 12 heavy (non-hydrogen) atoms. The summed E-state index contributed by atoms with van der Waals surface area (Å²) in [6.45, 7) is 5.62. The summed E-state index contributed by atoms with van der Waals surface area (Å²) in [7, 11) is 0. The van der Waals surface area contributed by atoms with Gasteiger partial charge in [-0.1, -0.05) is 30.4 Å². The Bertz CT molecular complexity index is 256. The molecule has 0 heterocycles. The van der Waals surface area contributed by atoms with Gasteiger partial charge in [-0.15, -0.1) is 0 Å². The Morgan fingerprint density at radius 3 is 2.75 bits per heavy atom. The van der Waals surface area contributed by atoms with E-state index in [1.54, 1.807) is 6.08 Å². The number of Topliss-reactive ketones (excluding diaryl/α,β-unsaturated/α-hetero) is 1. The number of carbonyl (C=O) groups excluding carboxylic acids is 1.